The number of nitrogens with one attached hydrogen (secondary N) is 1. The van der Waals surface area contributed by atoms with E-state index in [1.165, 1.54) is 12.1 Å². The third-order valence-corrected chi connectivity index (χ3v) is 4.31. The summed E-state index contributed by atoms with van der Waals surface area (Å²) in [7, 11) is 5.34. The van der Waals surface area contributed by atoms with E-state index in [9.17, 15) is 9.18 Å². The molecule has 0 spiro atoms. The van der Waals surface area contributed by atoms with Gasteiger partial charge < -0.3 is 19.7 Å². The molecule has 0 aromatic heterocycles. The van der Waals surface area contributed by atoms with Crippen LogP contribution in [0.15, 0.2) is 42.5 Å². The molecule has 2 aromatic carbocycles. The molecule has 0 radical (unpaired) electrons. The summed E-state index contributed by atoms with van der Waals surface area (Å²) in [5, 5.41) is 2.92. The molecule has 6 heteroatoms. The third-order valence-electron chi connectivity index (χ3n) is 4.31. The summed E-state index contributed by atoms with van der Waals surface area (Å²) in [5.74, 6) is 0.995. The highest BCUT2D eigenvalue weighted by atomic mass is 19.1. The maximum absolute atomic E-state index is 13.6. The van der Waals surface area contributed by atoms with Crippen LogP contribution in [0.25, 0.3) is 0 Å². The van der Waals surface area contributed by atoms with Crippen LogP contribution in [0.4, 0.5) is 4.39 Å². The molecule has 28 heavy (non-hydrogen) atoms. The second-order valence-corrected chi connectivity index (χ2v) is 7.31. The Morgan fingerprint density at radius 2 is 1.89 bits per heavy atom. The molecular formula is C22H29FN2O3. The van der Waals surface area contributed by atoms with Crippen LogP contribution in [0.1, 0.15) is 35.8 Å². The first-order chi connectivity index (χ1) is 13.3. The normalized spacial score (nSPS) is 12.1. The van der Waals surface area contributed by atoms with E-state index in [-0.39, 0.29) is 17.8 Å². The van der Waals surface area contributed by atoms with E-state index in [0.717, 1.165) is 5.56 Å². The molecule has 0 saturated carbocycles. The Morgan fingerprint density at radius 3 is 2.50 bits per heavy atom. The van der Waals surface area contributed by atoms with Crippen molar-refractivity contribution in [3.8, 4) is 11.5 Å². The summed E-state index contributed by atoms with van der Waals surface area (Å²) in [6.45, 7) is 5.05. The van der Waals surface area contributed by atoms with Gasteiger partial charge in [0.25, 0.3) is 5.91 Å². The first kappa shape index (κ1) is 21.7. The van der Waals surface area contributed by atoms with Gasteiger partial charge in [-0.05, 0) is 55.9 Å². The Bertz CT molecular complexity index is 793. The third kappa shape index (κ3) is 5.96. The van der Waals surface area contributed by atoms with E-state index >= 15 is 0 Å². The van der Waals surface area contributed by atoms with Crippen molar-refractivity contribution in [2.45, 2.75) is 19.9 Å². The summed E-state index contributed by atoms with van der Waals surface area (Å²) in [6, 6.07) is 11.4. The number of hydrogen-bond donors (Lipinski definition) is 1. The average Bonchev–Trinajstić information content (AvgIpc) is 2.66. The van der Waals surface area contributed by atoms with E-state index in [0.29, 0.717) is 36.1 Å². The van der Waals surface area contributed by atoms with Crippen LogP contribution in [-0.2, 0) is 0 Å². The number of methoxy groups -OCH3 is 1. The van der Waals surface area contributed by atoms with Gasteiger partial charge >= 0.3 is 0 Å². The van der Waals surface area contributed by atoms with Crippen molar-refractivity contribution in [3.05, 3.63) is 59.4 Å². The number of halogens is 1. The summed E-state index contributed by atoms with van der Waals surface area (Å²) in [6.07, 6.45) is 0. The van der Waals surface area contributed by atoms with Gasteiger partial charge in [0.05, 0.1) is 19.8 Å². The topological polar surface area (TPSA) is 50.8 Å². The first-order valence-electron chi connectivity index (χ1n) is 9.32. The summed E-state index contributed by atoms with van der Waals surface area (Å²) < 4.78 is 24.6. The number of benzene rings is 2. The van der Waals surface area contributed by atoms with E-state index in [4.69, 9.17) is 9.47 Å². The predicted molar refractivity (Wildman–Crippen MR) is 108 cm³/mol. The lowest BCUT2D eigenvalue weighted by molar-refractivity contribution is 0.0941. The molecule has 0 saturated heterocycles. The van der Waals surface area contributed by atoms with E-state index in [1.54, 1.807) is 31.4 Å². The van der Waals surface area contributed by atoms with Crippen LogP contribution in [0, 0.1) is 11.7 Å². The van der Waals surface area contributed by atoms with Crippen molar-refractivity contribution in [1.29, 1.82) is 0 Å². The molecule has 0 heterocycles. The lowest BCUT2D eigenvalue weighted by Crippen LogP contribution is -2.34. The van der Waals surface area contributed by atoms with Gasteiger partial charge in [0.1, 0.15) is 5.82 Å². The molecule has 0 aliphatic carbocycles. The van der Waals surface area contributed by atoms with E-state index in [2.05, 4.69) is 19.2 Å². The molecule has 152 valence electrons. The molecule has 2 aromatic rings. The zero-order chi connectivity index (χ0) is 20.7. The zero-order valence-corrected chi connectivity index (χ0v) is 17.2. The Balaban J connectivity index is 2.08. The first-order valence-corrected chi connectivity index (χ1v) is 9.32. The predicted octanol–water partition coefficient (Wildman–Crippen LogP) is 3.90. The van der Waals surface area contributed by atoms with Crippen LogP contribution < -0.4 is 14.8 Å². The smallest absolute Gasteiger partial charge is 0.251 e. The maximum Gasteiger partial charge on any atom is 0.251 e. The number of hydrogen-bond acceptors (Lipinski definition) is 4. The SMILES string of the molecule is COc1cc(C(=O)NCC(c2cccc(F)c2)N(C)C)ccc1OCC(C)C. The van der Waals surface area contributed by atoms with Crippen LogP contribution in [-0.4, -0.2) is 45.2 Å². The zero-order valence-electron chi connectivity index (χ0n) is 17.2. The van der Waals surface area contributed by atoms with Gasteiger partial charge in [-0.25, -0.2) is 4.39 Å². The van der Waals surface area contributed by atoms with Gasteiger partial charge in [-0.15, -0.1) is 0 Å². The van der Waals surface area contributed by atoms with Gasteiger partial charge in [0.2, 0.25) is 0 Å². The lowest BCUT2D eigenvalue weighted by atomic mass is 10.1. The summed E-state index contributed by atoms with van der Waals surface area (Å²) in [5.41, 5.74) is 1.28. The van der Waals surface area contributed by atoms with Crippen LogP contribution >= 0.6 is 0 Å². The Morgan fingerprint density at radius 1 is 1.14 bits per heavy atom. The van der Waals surface area contributed by atoms with Crippen molar-refractivity contribution in [2.24, 2.45) is 5.92 Å². The fraction of sp³-hybridized carbons (Fsp3) is 0.409. The standard InChI is InChI=1S/C22H29FN2O3/c1-15(2)14-28-20-10-9-17(12-21(20)27-5)22(26)24-13-19(25(3)4)16-7-6-8-18(23)11-16/h6-12,15,19H,13-14H2,1-5H3,(H,24,26). The molecule has 1 unspecified atom stereocenters. The molecule has 0 aliphatic rings. The summed E-state index contributed by atoms with van der Waals surface area (Å²) in [4.78, 5) is 14.6. The Hall–Kier alpha value is -2.60. The second-order valence-electron chi connectivity index (χ2n) is 7.31. The minimum absolute atomic E-state index is 0.143. The molecular weight excluding hydrogens is 359 g/mol. The van der Waals surface area contributed by atoms with Crippen molar-refractivity contribution < 1.29 is 18.7 Å². The highest BCUT2D eigenvalue weighted by molar-refractivity contribution is 5.94. The number of ether oxygens (including phenoxy) is 2. The average molecular weight is 388 g/mol. The molecule has 1 atom stereocenters. The maximum atomic E-state index is 13.6. The molecule has 5 nitrogen and oxygen atoms in total. The van der Waals surface area contributed by atoms with Crippen molar-refractivity contribution in [3.63, 3.8) is 0 Å². The number of nitrogens with zero attached hydrogens (tertiary/aromatic N) is 1. The van der Waals surface area contributed by atoms with E-state index in [1.807, 2.05) is 25.1 Å². The van der Waals surface area contributed by atoms with Gasteiger partial charge in [-0.2, -0.15) is 0 Å². The van der Waals surface area contributed by atoms with Gasteiger partial charge in [-0.3, -0.25) is 4.79 Å². The summed E-state index contributed by atoms with van der Waals surface area (Å²) >= 11 is 0. The number of carbonyl (C=O) groups excluding carboxylic acids is 1. The molecule has 0 aliphatic heterocycles. The minimum Gasteiger partial charge on any atom is -0.493 e. The van der Waals surface area contributed by atoms with Crippen molar-refractivity contribution in [1.82, 2.24) is 10.2 Å². The largest absolute Gasteiger partial charge is 0.493 e. The van der Waals surface area contributed by atoms with Crippen LogP contribution in [0.5, 0.6) is 11.5 Å². The molecule has 1 amide bonds. The van der Waals surface area contributed by atoms with Crippen molar-refractivity contribution in [2.75, 3.05) is 34.4 Å². The fourth-order valence-electron chi connectivity index (χ4n) is 2.79. The highest BCUT2D eigenvalue weighted by Gasteiger charge is 2.17. The van der Waals surface area contributed by atoms with Gasteiger partial charge in [0.15, 0.2) is 11.5 Å². The molecule has 0 bridgehead atoms. The minimum atomic E-state index is -0.294. The molecule has 1 N–H and O–H groups in total. The lowest BCUT2D eigenvalue weighted by Gasteiger charge is -2.25. The molecule has 0 fully saturated rings. The highest BCUT2D eigenvalue weighted by Crippen LogP contribution is 2.28. The number of rotatable bonds is 9. The number of carbonyl (C=O) groups is 1. The van der Waals surface area contributed by atoms with Crippen LogP contribution in [0.3, 0.4) is 0 Å². The quantitative estimate of drug-likeness (QED) is 0.708. The van der Waals surface area contributed by atoms with Gasteiger partial charge in [-0.1, -0.05) is 26.0 Å². The number of amides is 1. The van der Waals surface area contributed by atoms with Crippen molar-refractivity contribution >= 4 is 5.91 Å². The molecule has 2 rings (SSSR count). The van der Waals surface area contributed by atoms with Crippen LogP contribution in [0.2, 0.25) is 0 Å². The fourth-order valence-corrected chi connectivity index (χ4v) is 2.79. The van der Waals surface area contributed by atoms with E-state index < -0.39 is 0 Å². The number of likely N-dealkylation sites (N-methyl/N-ethyl adjacent to an activating group) is 1. The Kier molecular flexibility index (Phi) is 7.81. The Labute approximate surface area is 166 Å². The van der Waals surface area contributed by atoms with Gasteiger partial charge in [0, 0.05) is 12.1 Å². The second kappa shape index (κ2) is 10.1. The monoisotopic (exact) mass is 388 g/mol.